The Morgan fingerprint density at radius 1 is 0.532 bits per heavy atom. The Labute approximate surface area is 359 Å². The van der Waals surface area contributed by atoms with Crippen LogP contribution in [0.2, 0.25) is 0 Å². The predicted octanol–water partition coefficient (Wildman–Crippen LogP) is 14.5. The zero-order chi connectivity index (χ0) is 41.1. The largest absolute Gasteiger partial charge is 0.309 e. The smallest absolute Gasteiger partial charge is 0.227 e. The Morgan fingerprint density at radius 3 is 2.06 bits per heavy atom. The molecule has 0 fully saturated rings. The minimum absolute atomic E-state index is 0.165. The van der Waals surface area contributed by atoms with E-state index in [0.717, 1.165) is 73.7 Å². The van der Waals surface area contributed by atoms with Gasteiger partial charge in [-0.05, 0) is 117 Å². The maximum Gasteiger partial charge on any atom is 0.227 e. The van der Waals surface area contributed by atoms with E-state index in [0.29, 0.717) is 0 Å². The normalized spacial score (nSPS) is 15.1. The van der Waals surface area contributed by atoms with Crippen molar-refractivity contribution < 1.29 is 0 Å². The predicted molar refractivity (Wildman–Crippen MR) is 262 cm³/mol. The van der Waals surface area contributed by atoms with Gasteiger partial charge in [0.2, 0.25) is 5.96 Å². The van der Waals surface area contributed by atoms with Crippen molar-refractivity contribution in [2.45, 2.75) is 12.8 Å². The molecule has 2 aromatic heterocycles. The summed E-state index contributed by atoms with van der Waals surface area (Å²) in [5, 5.41) is 16.7. The van der Waals surface area contributed by atoms with Crippen LogP contribution in [0, 0.1) is 5.41 Å². The van der Waals surface area contributed by atoms with Gasteiger partial charge in [-0.3, -0.25) is 9.98 Å². The van der Waals surface area contributed by atoms with Crippen LogP contribution in [-0.4, -0.2) is 20.8 Å². The van der Waals surface area contributed by atoms with Gasteiger partial charge in [0.15, 0.2) is 0 Å². The molecule has 0 spiro atoms. The van der Waals surface area contributed by atoms with Crippen molar-refractivity contribution >= 4 is 77.7 Å². The van der Waals surface area contributed by atoms with E-state index in [9.17, 15) is 5.41 Å². The number of aryl methyl sites for hydroxylation is 1. The van der Waals surface area contributed by atoms with Crippen LogP contribution < -0.4 is 0 Å². The van der Waals surface area contributed by atoms with Crippen LogP contribution in [0.25, 0.3) is 82.8 Å². The molecule has 0 aliphatic heterocycles. The first-order valence-corrected chi connectivity index (χ1v) is 21.4. The van der Waals surface area contributed by atoms with Crippen LogP contribution >= 0.6 is 0 Å². The monoisotopic (exact) mass is 792 g/mol. The van der Waals surface area contributed by atoms with E-state index >= 15 is 0 Å². The lowest BCUT2D eigenvalue weighted by molar-refractivity contribution is 0.978. The molecule has 292 valence electrons. The highest BCUT2D eigenvalue weighted by molar-refractivity contribution is 6.27. The van der Waals surface area contributed by atoms with E-state index in [-0.39, 0.29) is 5.96 Å². The number of hydrogen-bond donors (Lipinski definition) is 1. The number of allylic oxidation sites excluding steroid dienone is 6. The van der Waals surface area contributed by atoms with E-state index in [4.69, 9.17) is 4.99 Å². The summed E-state index contributed by atoms with van der Waals surface area (Å²) in [6.45, 7) is 0. The molecule has 0 bridgehead atoms. The summed E-state index contributed by atoms with van der Waals surface area (Å²) in [5.41, 5.74) is 15.7. The van der Waals surface area contributed by atoms with Gasteiger partial charge >= 0.3 is 0 Å². The number of nitrogens with zero attached hydrogens (tertiary/aromatic N) is 3. The molecule has 0 saturated heterocycles. The van der Waals surface area contributed by atoms with Gasteiger partial charge in [-0.2, -0.15) is 0 Å². The summed E-state index contributed by atoms with van der Waals surface area (Å²) >= 11 is 0. The van der Waals surface area contributed by atoms with E-state index in [1.54, 1.807) is 0 Å². The van der Waals surface area contributed by atoms with Crippen molar-refractivity contribution in [3.8, 4) is 16.8 Å². The van der Waals surface area contributed by atoms with Gasteiger partial charge in [0.05, 0.1) is 27.8 Å². The number of hydrogen-bond acceptors (Lipinski definition) is 1. The molecule has 0 saturated carbocycles. The quantitative estimate of drug-likeness (QED) is 0.136. The Morgan fingerprint density at radius 2 is 1.21 bits per heavy atom. The van der Waals surface area contributed by atoms with Crippen molar-refractivity contribution in [1.82, 2.24) is 9.13 Å². The first-order chi connectivity index (χ1) is 30.7. The third kappa shape index (κ3) is 5.83. The zero-order valence-corrected chi connectivity index (χ0v) is 34.0. The Bertz CT molecular complexity index is 3620. The van der Waals surface area contributed by atoms with Crippen LogP contribution in [0.3, 0.4) is 0 Å². The molecule has 1 N–H and O–H groups in total. The number of para-hydroxylation sites is 3. The Hall–Kier alpha value is -8.08. The fourth-order valence-electron chi connectivity index (χ4n) is 9.86. The summed E-state index contributed by atoms with van der Waals surface area (Å²) in [7, 11) is 0. The highest BCUT2D eigenvalue weighted by Gasteiger charge is 2.21. The highest BCUT2D eigenvalue weighted by atomic mass is 15.1. The molecule has 10 aromatic rings. The number of benzene rings is 8. The van der Waals surface area contributed by atoms with E-state index in [2.05, 4.69) is 199 Å². The van der Waals surface area contributed by atoms with Gasteiger partial charge in [-0.15, -0.1) is 0 Å². The molecule has 0 unspecified atom stereocenters. The minimum Gasteiger partial charge on any atom is -0.309 e. The van der Waals surface area contributed by atoms with Crippen LogP contribution in [0.15, 0.2) is 217 Å². The maximum atomic E-state index is 9.76. The molecule has 4 heteroatoms. The molecule has 0 amide bonds. The average Bonchev–Trinajstić information content (AvgIpc) is 3.85. The van der Waals surface area contributed by atoms with Crippen molar-refractivity contribution in [3.05, 3.63) is 234 Å². The third-order valence-electron chi connectivity index (χ3n) is 12.7. The van der Waals surface area contributed by atoms with Crippen molar-refractivity contribution in [1.29, 1.82) is 5.41 Å². The second kappa shape index (κ2) is 14.6. The SMILES string of the molecule is N=C(N=C1C=CC=C/C1=C\c1ccc(C2=CCCc3ccccc32)cc1)n1c2ccccc2c2c3ccccc3c(-c3ccc4c(c3)c3ccccc3n4-c3ccccc3)cc21. The molecule has 12 rings (SSSR count). The van der Waals surface area contributed by atoms with Crippen LogP contribution in [0.5, 0.6) is 0 Å². The van der Waals surface area contributed by atoms with Gasteiger partial charge in [0, 0.05) is 32.8 Å². The van der Waals surface area contributed by atoms with Gasteiger partial charge in [0.1, 0.15) is 0 Å². The van der Waals surface area contributed by atoms with Crippen molar-refractivity contribution in [2.24, 2.45) is 4.99 Å². The molecule has 2 heterocycles. The summed E-state index contributed by atoms with van der Waals surface area (Å²) < 4.78 is 4.39. The third-order valence-corrected chi connectivity index (χ3v) is 12.7. The number of nitrogens with one attached hydrogen (secondary N) is 1. The van der Waals surface area contributed by atoms with Crippen molar-refractivity contribution in [2.75, 3.05) is 0 Å². The van der Waals surface area contributed by atoms with Crippen LogP contribution in [0.1, 0.15) is 28.7 Å². The molecule has 8 aromatic carbocycles. The summed E-state index contributed by atoms with van der Waals surface area (Å²) in [6, 6.07) is 63.1. The molecular formula is C58H40N4. The number of rotatable bonds is 4. The number of aliphatic imine (C=N–C) groups is 1. The highest BCUT2D eigenvalue weighted by Crippen LogP contribution is 2.42. The molecule has 62 heavy (non-hydrogen) atoms. The summed E-state index contributed by atoms with van der Waals surface area (Å²) in [4.78, 5) is 5.11. The van der Waals surface area contributed by atoms with Crippen LogP contribution in [-0.2, 0) is 6.42 Å². The van der Waals surface area contributed by atoms with E-state index in [1.165, 1.54) is 49.5 Å². The fraction of sp³-hybridized carbons (Fsp3) is 0.0345. The molecular weight excluding hydrogens is 753 g/mol. The molecule has 2 aliphatic rings. The fourth-order valence-corrected chi connectivity index (χ4v) is 9.86. The maximum absolute atomic E-state index is 9.76. The van der Waals surface area contributed by atoms with Crippen LogP contribution in [0.4, 0.5) is 0 Å². The lowest BCUT2D eigenvalue weighted by Gasteiger charge is -2.18. The second-order valence-electron chi connectivity index (χ2n) is 16.2. The number of aromatic nitrogens is 2. The molecule has 4 nitrogen and oxygen atoms in total. The van der Waals surface area contributed by atoms with E-state index < -0.39 is 0 Å². The van der Waals surface area contributed by atoms with Gasteiger partial charge in [-0.25, -0.2) is 4.99 Å². The first-order valence-electron chi connectivity index (χ1n) is 21.4. The molecule has 2 aliphatic carbocycles. The summed E-state index contributed by atoms with van der Waals surface area (Å²) in [6.07, 6.45) is 14.8. The van der Waals surface area contributed by atoms with E-state index in [1.807, 2.05) is 22.8 Å². The minimum atomic E-state index is 0.165. The first kappa shape index (κ1) is 35.8. The Kier molecular flexibility index (Phi) is 8.42. The lowest BCUT2D eigenvalue weighted by atomic mass is 9.87. The van der Waals surface area contributed by atoms with Gasteiger partial charge in [0.25, 0.3) is 0 Å². The lowest BCUT2D eigenvalue weighted by Crippen LogP contribution is -2.12. The van der Waals surface area contributed by atoms with Crippen molar-refractivity contribution in [3.63, 3.8) is 0 Å². The summed E-state index contributed by atoms with van der Waals surface area (Å²) in [5.74, 6) is 0.165. The standard InChI is InChI=1S/C58H40N4/c59-58(60-52-26-11-5-16-42(52)35-38-29-31-40(32-30-38)45-25-14-17-39-15-4-6-20-44(39)45)62-54-28-13-10-24-49(54)57-48-23-8-7-21-46(48)50(37-56(57)62)41-33-34-55-51(36-41)47-22-9-12-27-53(47)61(55)43-18-2-1-3-19-43/h1-13,15-16,18-37,59H,14,17H2/b42-35+,59-58?,60-52?. The average molecular weight is 793 g/mol. The zero-order valence-electron chi connectivity index (χ0n) is 34.0. The second-order valence-corrected chi connectivity index (χ2v) is 16.2. The molecule has 0 atom stereocenters. The van der Waals surface area contributed by atoms with Gasteiger partial charge in [-0.1, -0.05) is 158 Å². The number of fused-ring (bicyclic) bond motifs is 9. The Balaban J connectivity index is 0.979. The molecule has 0 radical (unpaired) electrons. The van der Waals surface area contributed by atoms with Gasteiger partial charge < -0.3 is 4.57 Å². The topological polar surface area (TPSA) is 46.1 Å².